The maximum atomic E-state index is 12.6. The SMILES string of the molecule is COc1ccc(Cl)cc1N(CC(=O)N/N=C\c1cc(C)n(-c2cccc(C)c2)c1C)S(C)(=O)=O. The van der Waals surface area contributed by atoms with Crippen LogP contribution < -0.4 is 14.5 Å². The Morgan fingerprint density at radius 3 is 2.56 bits per heavy atom. The van der Waals surface area contributed by atoms with E-state index in [2.05, 4.69) is 21.2 Å². The summed E-state index contributed by atoms with van der Waals surface area (Å²) in [7, 11) is -2.40. The first-order chi connectivity index (χ1) is 16.0. The average Bonchev–Trinajstić information content (AvgIpc) is 3.04. The number of benzene rings is 2. The van der Waals surface area contributed by atoms with Gasteiger partial charge in [-0.1, -0.05) is 23.7 Å². The van der Waals surface area contributed by atoms with Crippen LogP contribution in [0.4, 0.5) is 5.69 Å². The zero-order chi connectivity index (χ0) is 25.0. The maximum Gasteiger partial charge on any atom is 0.260 e. The van der Waals surface area contributed by atoms with Crippen LogP contribution in [0.15, 0.2) is 53.6 Å². The fraction of sp³-hybridized carbons (Fsp3) is 0.250. The Hall–Kier alpha value is -3.30. The highest BCUT2D eigenvalue weighted by atomic mass is 35.5. The van der Waals surface area contributed by atoms with Gasteiger partial charge in [-0.2, -0.15) is 5.10 Å². The highest BCUT2D eigenvalue weighted by Gasteiger charge is 2.24. The van der Waals surface area contributed by atoms with Crippen LogP contribution in [0.5, 0.6) is 5.75 Å². The Labute approximate surface area is 204 Å². The van der Waals surface area contributed by atoms with E-state index in [9.17, 15) is 13.2 Å². The van der Waals surface area contributed by atoms with Crippen molar-refractivity contribution in [1.82, 2.24) is 9.99 Å². The van der Waals surface area contributed by atoms with Gasteiger partial charge in [0.15, 0.2) is 0 Å². The predicted octanol–water partition coefficient (Wildman–Crippen LogP) is 3.98. The highest BCUT2D eigenvalue weighted by Crippen LogP contribution is 2.32. The second kappa shape index (κ2) is 10.3. The smallest absolute Gasteiger partial charge is 0.260 e. The Morgan fingerprint density at radius 1 is 1.18 bits per heavy atom. The summed E-state index contributed by atoms with van der Waals surface area (Å²) >= 11 is 6.04. The number of carbonyl (C=O) groups is 1. The molecule has 0 atom stereocenters. The third-order valence-electron chi connectivity index (χ3n) is 5.22. The fourth-order valence-electron chi connectivity index (χ4n) is 3.66. The first-order valence-electron chi connectivity index (χ1n) is 10.4. The molecule has 0 aliphatic carbocycles. The Kier molecular flexibility index (Phi) is 7.68. The van der Waals surface area contributed by atoms with Crippen molar-refractivity contribution >= 4 is 39.4 Å². The van der Waals surface area contributed by atoms with Crippen LogP contribution in [0, 0.1) is 20.8 Å². The number of nitrogens with one attached hydrogen (secondary N) is 1. The molecule has 1 amide bonds. The minimum Gasteiger partial charge on any atom is -0.495 e. The fourth-order valence-corrected chi connectivity index (χ4v) is 4.68. The molecule has 1 N–H and O–H groups in total. The molecule has 0 aliphatic rings. The van der Waals surface area contributed by atoms with Gasteiger partial charge in [-0.05, 0) is 62.7 Å². The summed E-state index contributed by atoms with van der Waals surface area (Å²) in [6, 6.07) is 14.7. The summed E-state index contributed by atoms with van der Waals surface area (Å²) in [6.07, 6.45) is 2.54. The zero-order valence-corrected chi connectivity index (χ0v) is 21.2. The molecule has 10 heteroatoms. The molecule has 180 valence electrons. The molecule has 0 unspecified atom stereocenters. The lowest BCUT2D eigenvalue weighted by Gasteiger charge is -2.23. The second-order valence-electron chi connectivity index (χ2n) is 7.88. The lowest BCUT2D eigenvalue weighted by atomic mass is 10.2. The summed E-state index contributed by atoms with van der Waals surface area (Å²) in [5.41, 5.74) is 7.57. The molecule has 0 spiro atoms. The number of nitrogens with zero attached hydrogens (tertiary/aromatic N) is 3. The number of ether oxygens (including phenoxy) is 1. The van der Waals surface area contributed by atoms with Crippen molar-refractivity contribution in [1.29, 1.82) is 0 Å². The van der Waals surface area contributed by atoms with Gasteiger partial charge in [0.2, 0.25) is 10.0 Å². The number of aryl methyl sites for hydroxylation is 2. The second-order valence-corrected chi connectivity index (χ2v) is 10.2. The topological polar surface area (TPSA) is 93.0 Å². The van der Waals surface area contributed by atoms with E-state index in [1.165, 1.54) is 25.5 Å². The minimum absolute atomic E-state index is 0.165. The summed E-state index contributed by atoms with van der Waals surface area (Å²) in [5, 5.41) is 4.35. The Morgan fingerprint density at radius 2 is 1.91 bits per heavy atom. The first-order valence-corrected chi connectivity index (χ1v) is 12.6. The molecule has 0 saturated carbocycles. The highest BCUT2D eigenvalue weighted by molar-refractivity contribution is 7.92. The molecule has 0 bridgehead atoms. The number of hydrogen-bond acceptors (Lipinski definition) is 5. The van der Waals surface area contributed by atoms with E-state index in [-0.39, 0.29) is 11.4 Å². The molecule has 34 heavy (non-hydrogen) atoms. The number of amides is 1. The van der Waals surface area contributed by atoms with Gasteiger partial charge in [0, 0.05) is 27.7 Å². The molecule has 3 aromatic rings. The van der Waals surface area contributed by atoms with Crippen LogP contribution in [0.25, 0.3) is 5.69 Å². The number of sulfonamides is 1. The van der Waals surface area contributed by atoms with E-state index in [0.717, 1.165) is 38.8 Å². The standard InChI is InChI=1S/C24H27ClN4O4S/c1-16-7-6-8-21(11-16)29-17(2)12-19(18(29)3)14-26-27-24(30)15-28(34(5,31)32)22-13-20(25)9-10-23(22)33-4/h6-14H,15H2,1-5H3,(H,27,30)/b26-14-. The lowest BCUT2D eigenvalue weighted by molar-refractivity contribution is -0.119. The van der Waals surface area contributed by atoms with Gasteiger partial charge in [0.05, 0.1) is 25.3 Å². The van der Waals surface area contributed by atoms with Crippen molar-refractivity contribution < 1.29 is 17.9 Å². The van der Waals surface area contributed by atoms with Crippen molar-refractivity contribution in [2.45, 2.75) is 20.8 Å². The molecule has 1 aromatic heterocycles. The van der Waals surface area contributed by atoms with Gasteiger partial charge in [0.25, 0.3) is 5.91 Å². The van der Waals surface area contributed by atoms with Crippen LogP contribution in [0.1, 0.15) is 22.5 Å². The Balaban J connectivity index is 1.78. The quantitative estimate of drug-likeness (QED) is 0.372. The normalized spacial score (nSPS) is 11.6. The third kappa shape index (κ3) is 5.78. The zero-order valence-electron chi connectivity index (χ0n) is 19.7. The number of aromatic nitrogens is 1. The first kappa shape index (κ1) is 25.3. The number of halogens is 1. The van der Waals surface area contributed by atoms with Crippen molar-refractivity contribution in [2.75, 3.05) is 24.2 Å². The van der Waals surface area contributed by atoms with E-state index in [1.807, 2.05) is 45.0 Å². The molecule has 0 aliphatic heterocycles. The summed E-state index contributed by atoms with van der Waals surface area (Å²) < 4.78 is 33.0. The predicted molar refractivity (Wildman–Crippen MR) is 136 cm³/mol. The number of hydrogen-bond donors (Lipinski definition) is 1. The third-order valence-corrected chi connectivity index (χ3v) is 6.58. The van der Waals surface area contributed by atoms with Crippen LogP contribution in [-0.2, 0) is 14.8 Å². The van der Waals surface area contributed by atoms with Crippen LogP contribution in [0.3, 0.4) is 0 Å². The van der Waals surface area contributed by atoms with E-state index >= 15 is 0 Å². The monoisotopic (exact) mass is 502 g/mol. The van der Waals surface area contributed by atoms with E-state index < -0.39 is 22.5 Å². The maximum absolute atomic E-state index is 12.6. The summed E-state index contributed by atoms with van der Waals surface area (Å²) in [5.74, 6) is -0.342. The van der Waals surface area contributed by atoms with E-state index in [4.69, 9.17) is 16.3 Å². The van der Waals surface area contributed by atoms with Gasteiger partial charge in [-0.3, -0.25) is 9.10 Å². The van der Waals surface area contributed by atoms with Crippen LogP contribution in [0.2, 0.25) is 5.02 Å². The van der Waals surface area contributed by atoms with E-state index in [0.29, 0.717) is 5.02 Å². The summed E-state index contributed by atoms with van der Waals surface area (Å²) in [4.78, 5) is 12.6. The molecular weight excluding hydrogens is 476 g/mol. The molecule has 0 fully saturated rings. The molecular formula is C24H27ClN4O4S. The number of methoxy groups -OCH3 is 1. The number of hydrazone groups is 1. The number of anilines is 1. The van der Waals surface area contributed by atoms with Gasteiger partial charge >= 0.3 is 0 Å². The van der Waals surface area contributed by atoms with Crippen molar-refractivity contribution in [2.24, 2.45) is 5.10 Å². The minimum atomic E-state index is -3.80. The average molecular weight is 503 g/mol. The van der Waals surface area contributed by atoms with Gasteiger partial charge in [-0.25, -0.2) is 13.8 Å². The summed E-state index contributed by atoms with van der Waals surface area (Å²) in [6.45, 7) is 5.51. The molecule has 0 saturated heterocycles. The number of rotatable bonds is 8. The molecule has 1 heterocycles. The van der Waals surface area contributed by atoms with E-state index in [1.54, 1.807) is 6.07 Å². The van der Waals surface area contributed by atoms with Crippen molar-refractivity contribution in [3.8, 4) is 11.4 Å². The van der Waals surface area contributed by atoms with Gasteiger partial charge in [-0.15, -0.1) is 0 Å². The van der Waals surface area contributed by atoms with Gasteiger partial charge in [0.1, 0.15) is 12.3 Å². The molecule has 2 aromatic carbocycles. The molecule has 8 nitrogen and oxygen atoms in total. The number of carbonyl (C=O) groups excluding carboxylic acids is 1. The van der Waals surface area contributed by atoms with Crippen molar-refractivity contribution in [3.63, 3.8) is 0 Å². The lowest BCUT2D eigenvalue weighted by Crippen LogP contribution is -2.39. The molecule has 3 rings (SSSR count). The molecule has 0 radical (unpaired) electrons. The Bertz CT molecular complexity index is 1350. The van der Waals surface area contributed by atoms with Crippen molar-refractivity contribution in [3.05, 3.63) is 76.1 Å². The van der Waals surface area contributed by atoms with Crippen LogP contribution >= 0.6 is 11.6 Å². The largest absolute Gasteiger partial charge is 0.495 e. The van der Waals surface area contributed by atoms with Gasteiger partial charge < -0.3 is 9.30 Å². The van der Waals surface area contributed by atoms with Crippen LogP contribution in [-0.4, -0.2) is 45.0 Å².